The largest absolute Gasteiger partial charge is 0.391 e. The minimum atomic E-state index is -0.673. The number of carbonyl (C=O) groups is 1. The van der Waals surface area contributed by atoms with Crippen LogP contribution in [0.1, 0.15) is 35.7 Å². The fourth-order valence-corrected chi connectivity index (χ4v) is 3.13. The number of hydrogen-bond donors (Lipinski definition) is 3. The van der Waals surface area contributed by atoms with Gasteiger partial charge in [0.1, 0.15) is 5.56 Å². The first kappa shape index (κ1) is 16.0. The molecule has 0 spiro atoms. The van der Waals surface area contributed by atoms with Gasteiger partial charge in [0.2, 0.25) is 0 Å². The van der Waals surface area contributed by atoms with Crippen LogP contribution in [0.2, 0.25) is 0 Å². The van der Waals surface area contributed by atoms with Gasteiger partial charge in [0.25, 0.3) is 5.91 Å². The third-order valence-electron chi connectivity index (χ3n) is 4.33. The van der Waals surface area contributed by atoms with E-state index in [2.05, 4.69) is 16.5 Å². The number of para-hydroxylation sites is 1. The maximum absolute atomic E-state index is 11.7. The molecule has 0 radical (unpaired) electrons. The van der Waals surface area contributed by atoms with Crippen molar-refractivity contribution >= 4 is 17.4 Å². The monoisotopic (exact) mass is 325 g/mol. The Hall–Kier alpha value is -2.85. The predicted molar refractivity (Wildman–Crippen MR) is 88.5 cm³/mol. The summed E-state index contributed by atoms with van der Waals surface area (Å²) in [6.45, 7) is 0. The van der Waals surface area contributed by atoms with Crippen molar-refractivity contribution in [3.63, 3.8) is 0 Å². The predicted octanol–water partition coefficient (Wildman–Crippen LogP) is 1.95. The summed E-state index contributed by atoms with van der Waals surface area (Å²) >= 11 is 0. The summed E-state index contributed by atoms with van der Waals surface area (Å²) in [5.41, 5.74) is 6.45. The average molecular weight is 325 g/mol. The smallest absolute Gasteiger partial charge is 0.254 e. The van der Waals surface area contributed by atoms with Crippen LogP contribution in [0.25, 0.3) is 0 Å². The molecule has 0 bridgehead atoms. The number of nitrogens with two attached hydrogens (primary N) is 1. The highest BCUT2D eigenvalue weighted by atomic mass is 16.3. The third kappa shape index (κ3) is 3.09. The molecule has 3 atom stereocenters. The van der Waals surface area contributed by atoms with Gasteiger partial charge in [-0.15, -0.1) is 0 Å². The number of nitriles is 1. The molecule has 1 aromatic heterocycles. The van der Waals surface area contributed by atoms with E-state index in [1.165, 1.54) is 10.9 Å². The van der Waals surface area contributed by atoms with Gasteiger partial charge in [-0.05, 0) is 31.4 Å². The Kier molecular flexibility index (Phi) is 4.49. The molecule has 1 unspecified atom stereocenters. The minimum Gasteiger partial charge on any atom is -0.391 e. The van der Waals surface area contributed by atoms with Gasteiger partial charge in [0, 0.05) is 11.9 Å². The van der Waals surface area contributed by atoms with Gasteiger partial charge in [-0.25, -0.2) is 0 Å². The van der Waals surface area contributed by atoms with E-state index in [4.69, 9.17) is 5.73 Å². The van der Waals surface area contributed by atoms with Crippen LogP contribution >= 0.6 is 0 Å². The number of nitrogens with zero attached hydrogens (tertiary/aromatic N) is 3. The number of aliphatic hydroxyl groups is 1. The number of carbonyl (C=O) groups excluding carboxylic acids is 1. The Balaban J connectivity index is 1.96. The molecule has 1 amide bonds. The van der Waals surface area contributed by atoms with E-state index in [1.807, 2.05) is 30.3 Å². The first-order chi connectivity index (χ1) is 11.6. The topological polar surface area (TPSA) is 117 Å². The average Bonchev–Trinajstić information content (AvgIpc) is 2.99. The van der Waals surface area contributed by atoms with Gasteiger partial charge in [-0.1, -0.05) is 18.2 Å². The van der Waals surface area contributed by atoms with Crippen molar-refractivity contribution in [1.29, 1.82) is 5.26 Å². The number of benzene rings is 1. The summed E-state index contributed by atoms with van der Waals surface area (Å²) in [6, 6.07) is 11.0. The van der Waals surface area contributed by atoms with Gasteiger partial charge < -0.3 is 16.2 Å². The van der Waals surface area contributed by atoms with Gasteiger partial charge in [0.15, 0.2) is 5.82 Å². The van der Waals surface area contributed by atoms with Crippen molar-refractivity contribution in [1.82, 2.24) is 9.78 Å². The van der Waals surface area contributed by atoms with Crippen molar-refractivity contribution in [2.45, 2.75) is 31.4 Å². The Labute approximate surface area is 139 Å². The molecular formula is C17H19N5O2. The van der Waals surface area contributed by atoms with Crippen LogP contribution in [0.5, 0.6) is 0 Å². The molecule has 24 heavy (non-hydrogen) atoms. The molecule has 1 aromatic carbocycles. The number of anilines is 2. The number of aromatic nitrogens is 2. The molecule has 7 nitrogen and oxygen atoms in total. The second-order valence-corrected chi connectivity index (χ2v) is 5.95. The number of amides is 1. The van der Waals surface area contributed by atoms with Crippen LogP contribution < -0.4 is 11.1 Å². The lowest BCUT2D eigenvalue weighted by atomic mass is 9.83. The third-order valence-corrected chi connectivity index (χ3v) is 4.33. The Morgan fingerprint density at radius 1 is 1.38 bits per heavy atom. The molecule has 1 aliphatic rings. The zero-order valence-corrected chi connectivity index (χ0v) is 13.1. The van der Waals surface area contributed by atoms with E-state index in [-0.39, 0.29) is 11.5 Å². The van der Waals surface area contributed by atoms with E-state index in [9.17, 15) is 15.2 Å². The van der Waals surface area contributed by atoms with Crippen LogP contribution in [-0.4, -0.2) is 26.9 Å². The van der Waals surface area contributed by atoms with E-state index in [1.54, 1.807) is 0 Å². The highest BCUT2D eigenvalue weighted by Gasteiger charge is 2.35. The van der Waals surface area contributed by atoms with Gasteiger partial charge in [-0.3, -0.25) is 9.48 Å². The molecule has 3 rings (SSSR count). The second-order valence-electron chi connectivity index (χ2n) is 5.95. The lowest BCUT2D eigenvalue weighted by Crippen LogP contribution is -2.34. The number of nitrogens with one attached hydrogen (secondary N) is 1. The minimum absolute atomic E-state index is 0.230. The molecule has 4 N–H and O–H groups in total. The van der Waals surface area contributed by atoms with E-state index >= 15 is 0 Å². The standard InChI is InChI=1S/C17H19N5O2/c18-9-11-5-4-8-14(23)15(11)22-10-13(16(19)24)17(21-22)20-12-6-2-1-3-7-12/h1-3,6-7,10-11,14-15,23H,4-5,8H2,(H2,19,24)(H,20,21)/t11-,14+,15?/m0/s1. The highest BCUT2D eigenvalue weighted by molar-refractivity contribution is 5.98. The Morgan fingerprint density at radius 2 is 2.12 bits per heavy atom. The van der Waals surface area contributed by atoms with Gasteiger partial charge >= 0.3 is 0 Å². The van der Waals surface area contributed by atoms with Crippen LogP contribution in [0.15, 0.2) is 36.5 Å². The van der Waals surface area contributed by atoms with E-state index in [0.717, 1.165) is 12.1 Å². The van der Waals surface area contributed by atoms with Crippen LogP contribution in [0.4, 0.5) is 11.5 Å². The van der Waals surface area contributed by atoms with Crippen molar-refractivity contribution in [2.24, 2.45) is 11.7 Å². The Morgan fingerprint density at radius 3 is 2.79 bits per heavy atom. The number of rotatable bonds is 4. The fourth-order valence-electron chi connectivity index (χ4n) is 3.13. The summed E-state index contributed by atoms with van der Waals surface area (Å²) in [6.07, 6.45) is 2.95. The molecule has 0 aliphatic heterocycles. The van der Waals surface area contributed by atoms with Crippen molar-refractivity contribution in [3.8, 4) is 6.07 Å². The summed E-state index contributed by atoms with van der Waals surface area (Å²) in [5.74, 6) is -0.638. The fraction of sp³-hybridized carbons (Fsp3) is 0.353. The molecule has 124 valence electrons. The van der Waals surface area contributed by atoms with Crippen LogP contribution in [-0.2, 0) is 0 Å². The molecular weight excluding hydrogens is 306 g/mol. The summed E-state index contributed by atoms with van der Waals surface area (Å²) < 4.78 is 1.50. The molecule has 0 saturated heterocycles. The summed E-state index contributed by atoms with van der Waals surface area (Å²) in [7, 11) is 0. The molecule has 1 fully saturated rings. The molecule has 1 heterocycles. The van der Waals surface area contributed by atoms with Crippen molar-refractivity contribution < 1.29 is 9.90 Å². The molecule has 1 saturated carbocycles. The number of aliphatic hydroxyl groups excluding tert-OH is 1. The molecule has 7 heteroatoms. The first-order valence-electron chi connectivity index (χ1n) is 7.89. The normalized spacial score (nSPS) is 23.4. The first-order valence-corrected chi connectivity index (χ1v) is 7.89. The lowest BCUT2D eigenvalue weighted by Gasteiger charge is -2.31. The van der Waals surface area contributed by atoms with E-state index in [0.29, 0.717) is 18.7 Å². The van der Waals surface area contributed by atoms with Crippen molar-refractivity contribution in [3.05, 3.63) is 42.1 Å². The quantitative estimate of drug-likeness (QED) is 0.794. The van der Waals surface area contributed by atoms with Crippen LogP contribution in [0, 0.1) is 17.2 Å². The zero-order valence-electron chi connectivity index (χ0n) is 13.1. The second kappa shape index (κ2) is 6.72. The number of primary amides is 1. The van der Waals surface area contributed by atoms with Crippen molar-refractivity contribution in [2.75, 3.05) is 5.32 Å². The molecule has 1 aliphatic carbocycles. The maximum Gasteiger partial charge on any atom is 0.254 e. The maximum atomic E-state index is 11.7. The number of hydrogen-bond acceptors (Lipinski definition) is 5. The SMILES string of the molecule is N#C[C@@H]1CCC[C@@H](O)C1n1cc(C(N)=O)c(Nc2ccccc2)n1. The van der Waals surface area contributed by atoms with Gasteiger partial charge in [0.05, 0.1) is 24.1 Å². The zero-order chi connectivity index (χ0) is 17.1. The highest BCUT2D eigenvalue weighted by Crippen LogP contribution is 2.34. The summed E-state index contributed by atoms with van der Waals surface area (Å²) in [5, 5.41) is 27.1. The van der Waals surface area contributed by atoms with Gasteiger partial charge in [-0.2, -0.15) is 10.4 Å². The van der Waals surface area contributed by atoms with Crippen LogP contribution in [0.3, 0.4) is 0 Å². The van der Waals surface area contributed by atoms with E-state index < -0.39 is 18.1 Å². The molecule has 2 aromatic rings. The Bertz CT molecular complexity index is 765. The lowest BCUT2D eigenvalue weighted by molar-refractivity contribution is 0.0494. The summed E-state index contributed by atoms with van der Waals surface area (Å²) in [4.78, 5) is 11.7.